The van der Waals surface area contributed by atoms with Crippen molar-refractivity contribution in [1.82, 2.24) is 5.32 Å². The third-order valence-electron chi connectivity index (χ3n) is 5.65. The van der Waals surface area contributed by atoms with Crippen LogP contribution >= 0.6 is 0 Å². The fourth-order valence-corrected chi connectivity index (χ4v) is 3.89. The number of benzodiazepines with no additional fused rings is 1. The molecule has 0 radical (unpaired) electrons. The highest BCUT2D eigenvalue weighted by molar-refractivity contribution is 6.14. The highest BCUT2D eigenvalue weighted by atomic mass is 16.5. The molecular weight excluding hydrogens is 378 g/mol. The standard InChI is InChI=1S/C24H27N3O3/c1-2-15-27-20-14-7-6-13-19(20)21(18-11-8-12-18)25-22(23(27)28)26-24(29)30-16-17-9-4-3-5-10-17/h3-7,9-10,13-14,18,22H,2,8,11-12,15-16H2,1H3,(H,26,29). The smallest absolute Gasteiger partial charge is 0.409 e. The first-order chi connectivity index (χ1) is 14.7. The molecule has 0 spiro atoms. The van der Waals surface area contributed by atoms with Crippen LogP contribution in [0.15, 0.2) is 59.6 Å². The van der Waals surface area contributed by atoms with Crippen LogP contribution in [0.2, 0.25) is 0 Å². The first-order valence-corrected chi connectivity index (χ1v) is 10.6. The number of hydrogen-bond donors (Lipinski definition) is 1. The fourth-order valence-electron chi connectivity index (χ4n) is 3.89. The molecule has 2 aromatic rings. The van der Waals surface area contributed by atoms with Gasteiger partial charge in [0, 0.05) is 18.0 Å². The van der Waals surface area contributed by atoms with Crippen molar-refractivity contribution in [2.24, 2.45) is 10.9 Å². The number of anilines is 1. The number of aliphatic imine (C=N–C) groups is 1. The van der Waals surface area contributed by atoms with Gasteiger partial charge in [-0.15, -0.1) is 0 Å². The van der Waals surface area contributed by atoms with Crippen LogP contribution < -0.4 is 10.2 Å². The maximum atomic E-state index is 13.3. The zero-order chi connectivity index (χ0) is 20.9. The lowest BCUT2D eigenvalue weighted by Gasteiger charge is -2.28. The number of fused-ring (bicyclic) bond motifs is 1. The topological polar surface area (TPSA) is 71.0 Å². The summed E-state index contributed by atoms with van der Waals surface area (Å²) in [5.74, 6) is 0.0976. The lowest BCUT2D eigenvalue weighted by Crippen LogP contribution is -2.47. The van der Waals surface area contributed by atoms with E-state index in [1.54, 1.807) is 4.90 Å². The van der Waals surface area contributed by atoms with E-state index < -0.39 is 12.3 Å². The Morgan fingerprint density at radius 1 is 1.13 bits per heavy atom. The Morgan fingerprint density at radius 3 is 2.57 bits per heavy atom. The van der Waals surface area contributed by atoms with E-state index in [1.165, 1.54) is 0 Å². The largest absolute Gasteiger partial charge is 0.445 e. The van der Waals surface area contributed by atoms with Gasteiger partial charge in [-0.05, 0) is 30.9 Å². The second-order valence-corrected chi connectivity index (χ2v) is 7.76. The molecule has 1 unspecified atom stereocenters. The molecule has 0 aromatic heterocycles. The maximum absolute atomic E-state index is 13.3. The van der Waals surface area contributed by atoms with Crippen LogP contribution in [0.4, 0.5) is 10.5 Å². The second-order valence-electron chi connectivity index (χ2n) is 7.76. The molecule has 6 nitrogen and oxygen atoms in total. The molecule has 1 heterocycles. The molecule has 1 saturated carbocycles. The Morgan fingerprint density at radius 2 is 1.87 bits per heavy atom. The van der Waals surface area contributed by atoms with Crippen molar-refractivity contribution in [2.75, 3.05) is 11.4 Å². The van der Waals surface area contributed by atoms with Gasteiger partial charge < -0.3 is 9.64 Å². The van der Waals surface area contributed by atoms with E-state index in [-0.39, 0.29) is 12.5 Å². The van der Waals surface area contributed by atoms with E-state index in [4.69, 9.17) is 9.73 Å². The first kappa shape index (κ1) is 20.1. The molecule has 1 N–H and O–H groups in total. The van der Waals surface area contributed by atoms with E-state index >= 15 is 0 Å². The molecule has 30 heavy (non-hydrogen) atoms. The van der Waals surface area contributed by atoms with Crippen LogP contribution in [0.3, 0.4) is 0 Å². The number of carbonyl (C=O) groups is 2. The Balaban J connectivity index is 1.58. The van der Waals surface area contributed by atoms with Gasteiger partial charge in [-0.3, -0.25) is 15.1 Å². The Labute approximate surface area is 176 Å². The third kappa shape index (κ3) is 4.22. The summed E-state index contributed by atoms with van der Waals surface area (Å²) >= 11 is 0. The molecule has 4 rings (SSSR count). The molecule has 1 atom stereocenters. The Hall–Kier alpha value is -3.15. The molecule has 156 valence electrons. The van der Waals surface area contributed by atoms with Crippen molar-refractivity contribution in [3.05, 3.63) is 65.7 Å². The lowest BCUT2D eigenvalue weighted by atomic mass is 9.79. The van der Waals surface area contributed by atoms with E-state index in [2.05, 4.69) is 5.32 Å². The summed E-state index contributed by atoms with van der Waals surface area (Å²) in [7, 11) is 0. The summed E-state index contributed by atoms with van der Waals surface area (Å²) in [5.41, 5.74) is 3.67. The minimum atomic E-state index is -0.983. The normalized spacial score (nSPS) is 18.7. The highest BCUT2D eigenvalue weighted by Gasteiger charge is 2.36. The number of benzene rings is 2. The van der Waals surface area contributed by atoms with Crippen molar-refractivity contribution in [3.63, 3.8) is 0 Å². The number of ether oxygens (including phenoxy) is 1. The predicted octanol–water partition coefficient (Wildman–Crippen LogP) is 4.28. The van der Waals surface area contributed by atoms with Gasteiger partial charge in [0.25, 0.3) is 5.91 Å². The third-order valence-corrected chi connectivity index (χ3v) is 5.65. The average molecular weight is 405 g/mol. The molecular formula is C24H27N3O3. The predicted molar refractivity (Wildman–Crippen MR) is 117 cm³/mol. The van der Waals surface area contributed by atoms with Gasteiger partial charge in [0.1, 0.15) is 6.61 Å². The molecule has 0 saturated heterocycles. The van der Waals surface area contributed by atoms with Crippen LogP contribution in [-0.2, 0) is 16.1 Å². The van der Waals surface area contributed by atoms with Crippen molar-refractivity contribution in [1.29, 1.82) is 0 Å². The number of amides is 2. The van der Waals surface area contributed by atoms with Gasteiger partial charge in [-0.25, -0.2) is 4.79 Å². The number of nitrogens with zero attached hydrogens (tertiary/aromatic N) is 2. The SMILES string of the molecule is CCCN1C(=O)C(NC(=O)OCc2ccccc2)N=C(C2CCC2)c2ccccc21. The van der Waals surface area contributed by atoms with Crippen molar-refractivity contribution >= 4 is 23.4 Å². The van der Waals surface area contributed by atoms with Crippen LogP contribution in [0, 0.1) is 5.92 Å². The molecule has 1 fully saturated rings. The number of hydrogen-bond acceptors (Lipinski definition) is 4. The zero-order valence-corrected chi connectivity index (χ0v) is 17.2. The second kappa shape index (κ2) is 9.11. The van der Waals surface area contributed by atoms with E-state index in [1.807, 2.05) is 61.5 Å². The van der Waals surface area contributed by atoms with Crippen LogP contribution in [-0.4, -0.2) is 30.4 Å². The summed E-state index contributed by atoms with van der Waals surface area (Å²) < 4.78 is 5.34. The zero-order valence-electron chi connectivity index (χ0n) is 17.2. The molecule has 1 aliphatic carbocycles. The van der Waals surface area contributed by atoms with Gasteiger partial charge in [-0.1, -0.05) is 61.9 Å². The van der Waals surface area contributed by atoms with Crippen molar-refractivity contribution in [2.45, 2.75) is 45.4 Å². The van der Waals surface area contributed by atoms with Crippen molar-refractivity contribution < 1.29 is 14.3 Å². The van der Waals surface area contributed by atoms with Crippen LogP contribution in [0.25, 0.3) is 0 Å². The lowest BCUT2D eigenvalue weighted by molar-refractivity contribution is -0.120. The number of nitrogens with one attached hydrogen (secondary N) is 1. The molecule has 2 amide bonds. The number of rotatable bonds is 6. The highest BCUT2D eigenvalue weighted by Crippen LogP contribution is 2.35. The molecule has 1 aliphatic heterocycles. The Kier molecular flexibility index (Phi) is 6.12. The maximum Gasteiger partial charge on any atom is 0.409 e. The Bertz CT molecular complexity index is 938. The molecule has 2 aliphatic rings. The summed E-state index contributed by atoms with van der Waals surface area (Å²) in [5, 5.41) is 2.70. The number of para-hydroxylation sites is 1. The van der Waals surface area contributed by atoms with E-state index in [0.29, 0.717) is 12.5 Å². The van der Waals surface area contributed by atoms with Gasteiger partial charge in [0.15, 0.2) is 0 Å². The van der Waals surface area contributed by atoms with Gasteiger partial charge in [0.2, 0.25) is 6.17 Å². The summed E-state index contributed by atoms with van der Waals surface area (Å²) in [4.78, 5) is 32.3. The quantitative estimate of drug-likeness (QED) is 0.780. The molecule has 2 aromatic carbocycles. The first-order valence-electron chi connectivity index (χ1n) is 10.6. The van der Waals surface area contributed by atoms with Crippen LogP contribution in [0.1, 0.15) is 43.7 Å². The van der Waals surface area contributed by atoms with Crippen LogP contribution in [0.5, 0.6) is 0 Å². The molecule has 6 heteroatoms. The summed E-state index contributed by atoms with van der Waals surface area (Å²) in [6.07, 6.45) is 2.46. The van der Waals surface area contributed by atoms with E-state index in [0.717, 1.165) is 48.2 Å². The van der Waals surface area contributed by atoms with Gasteiger partial charge in [-0.2, -0.15) is 0 Å². The monoisotopic (exact) mass is 405 g/mol. The average Bonchev–Trinajstić information content (AvgIpc) is 2.83. The van der Waals surface area contributed by atoms with Crippen molar-refractivity contribution in [3.8, 4) is 0 Å². The van der Waals surface area contributed by atoms with Gasteiger partial charge in [0.05, 0.1) is 11.4 Å². The summed E-state index contributed by atoms with van der Waals surface area (Å²) in [6, 6.07) is 17.4. The minimum Gasteiger partial charge on any atom is -0.445 e. The summed E-state index contributed by atoms with van der Waals surface area (Å²) in [6.45, 7) is 2.75. The van der Waals surface area contributed by atoms with Gasteiger partial charge >= 0.3 is 6.09 Å². The van der Waals surface area contributed by atoms with E-state index in [9.17, 15) is 9.59 Å². The number of alkyl carbamates (subject to hydrolysis) is 1. The minimum absolute atomic E-state index is 0.145. The number of carbonyl (C=O) groups excluding carboxylic acids is 2. The fraction of sp³-hybridized carbons (Fsp3) is 0.375. The molecule has 0 bridgehead atoms.